The third kappa shape index (κ3) is 5.40. The number of aromatic amines is 1. The average molecular weight is 396 g/mol. The molecule has 1 aliphatic rings. The molecule has 0 radical (unpaired) electrons. The lowest BCUT2D eigenvalue weighted by Gasteiger charge is -2.23. The molecule has 1 fully saturated rings. The summed E-state index contributed by atoms with van der Waals surface area (Å²) in [6.45, 7) is 0.468. The van der Waals surface area contributed by atoms with Crippen molar-refractivity contribution < 1.29 is 14.1 Å². The standard InChI is InChI=1S/C20H24N6O3/c27-17(10-11-18-24-20(26-29-18)19-22-13-23-25-19)21-12-14-6-8-16(9-7-14)28-15-4-2-1-3-5-15/h6-9,13,15H,1-5,10-12H2,(H,21,27)(H,22,23,25). The van der Waals surface area contributed by atoms with Crippen LogP contribution >= 0.6 is 0 Å². The Bertz CT molecular complexity index is 901. The first kappa shape index (κ1) is 19.1. The molecule has 29 heavy (non-hydrogen) atoms. The van der Waals surface area contributed by atoms with E-state index < -0.39 is 0 Å². The van der Waals surface area contributed by atoms with Gasteiger partial charge in [-0.05, 0) is 43.4 Å². The number of amides is 1. The maximum Gasteiger partial charge on any atom is 0.239 e. The smallest absolute Gasteiger partial charge is 0.239 e. The van der Waals surface area contributed by atoms with E-state index in [-0.39, 0.29) is 12.3 Å². The van der Waals surface area contributed by atoms with Crippen LogP contribution in [0, 0.1) is 0 Å². The molecular weight excluding hydrogens is 372 g/mol. The van der Waals surface area contributed by atoms with Crippen molar-refractivity contribution in [3.8, 4) is 17.4 Å². The number of hydrogen-bond acceptors (Lipinski definition) is 7. The lowest BCUT2D eigenvalue weighted by molar-refractivity contribution is -0.121. The second-order valence-corrected chi connectivity index (χ2v) is 7.14. The van der Waals surface area contributed by atoms with Crippen LogP contribution in [0.3, 0.4) is 0 Å². The fraction of sp³-hybridized carbons (Fsp3) is 0.450. The molecule has 3 aromatic rings. The van der Waals surface area contributed by atoms with Gasteiger partial charge in [-0.2, -0.15) is 10.1 Å². The summed E-state index contributed by atoms with van der Waals surface area (Å²) in [5, 5.41) is 13.1. The minimum Gasteiger partial charge on any atom is -0.490 e. The van der Waals surface area contributed by atoms with Crippen LogP contribution in [0.25, 0.3) is 11.6 Å². The fourth-order valence-corrected chi connectivity index (χ4v) is 3.34. The van der Waals surface area contributed by atoms with Crippen molar-refractivity contribution >= 4 is 5.91 Å². The number of H-pyrrole nitrogens is 1. The van der Waals surface area contributed by atoms with Gasteiger partial charge in [0.05, 0.1) is 6.10 Å². The summed E-state index contributed by atoms with van der Waals surface area (Å²) in [6.07, 6.45) is 8.42. The Kier molecular flexibility index (Phi) is 6.13. The normalized spacial score (nSPS) is 14.6. The Morgan fingerprint density at radius 3 is 2.79 bits per heavy atom. The van der Waals surface area contributed by atoms with Gasteiger partial charge in [-0.3, -0.25) is 9.89 Å². The molecule has 4 rings (SSSR count). The summed E-state index contributed by atoms with van der Waals surface area (Å²) in [5.74, 6) is 1.96. The molecule has 2 heterocycles. The molecule has 0 saturated heterocycles. The first-order valence-electron chi connectivity index (χ1n) is 9.97. The van der Waals surface area contributed by atoms with E-state index in [1.807, 2.05) is 24.3 Å². The molecule has 0 aliphatic heterocycles. The maximum atomic E-state index is 12.1. The summed E-state index contributed by atoms with van der Waals surface area (Å²) < 4.78 is 11.2. The van der Waals surface area contributed by atoms with Crippen molar-refractivity contribution in [1.29, 1.82) is 0 Å². The number of ether oxygens (including phenoxy) is 1. The summed E-state index contributed by atoms with van der Waals surface area (Å²) in [7, 11) is 0. The Hall–Kier alpha value is -3.23. The number of nitrogens with zero attached hydrogens (tertiary/aromatic N) is 4. The maximum absolute atomic E-state index is 12.1. The minimum absolute atomic E-state index is 0.0769. The average Bonchev–Trinajstić information content (AvgIpc) is 3.44. The van der Waals surface area contributed by atoms with Crippen LogP contribution in [0.1, 0.15) is 50.0 Å². The molecule has 9 heteroatoms. The van der Waals surface area contributed by atoms with Gasteiger partial charge in [0.1, 0.15) is 12.1 Å². The quantitative estimate of drug-likeness (QED) is 0.601. The van der Waals surface area contributed by atoms with Gasteiger partial charge >= 0.3 is 0 Å². The number of carbonyl (C=O) groups is 1. The van der Waals surface area contributed by atoms with E-state index in [1.165, 1.54) is 25.6 Å². The second kappa shape index (κ2) is 9.31. The molecule has 1 saturated carbocycles. The minimum atomic E-state index is -0.0769. The Morgan fingerprint density at radius 1 is 1.21 bits per heavy atom. The number of nitrogens with one attached hydrogen (secondary N) is 2. The summed E-state index contributed by atoms with van der Waals surface area (Å²) >= 11 is 0. The molecule has 0 spiro atoms. The van der Waals surface area contributed by atoms with Crippen LogP contribution in [0.2, 0.25) is 0 Å². The van der Waals surface area contributed by atoms with Crippen molar-refractivity contribution in [3.63, 3.8) is 0 Å². The molecular formula is C20H24N6O3. The van der Waals surface area contributed by atoms with Gasteiger partial charge in [-0.15, -0.1) is 0 Å². The zero-order valence-electron chi connectivity index (χ0n) is 16.1. The number of hydrogen-bond donors (Lipinski definition) is 2. The van der Waals surface area contributed by atoms with Gasteiger partial charge in [-0.25, -0.2) is 4.98 Å². The fourth-order valence-electron chi connectivity index (χ4n) is 3.34. The zero-order chi connectivity index (χ0) is 19.9. The van der Waals surface area contributed by atoms with Gasteiger partial charge < -0.3 is 14.6 Å². The molecule has 1 aromatic carbocycles. The van der Waals surface area contributed by atoms with E-state index in [0.717, 1.165) is 24.2 Å². The Morgan fingerprint density at radius 2 is 2.03 bits per heavy atom. The highest BCUT2D eigenvalue weighted by Crippen LogP contribution is 2.23. The molecule has 0 unspecified atom stereocenters. The van der Waals surface area contributed by atoms with E-state index >= 15 is 0 Å². The highest BCUT2D eigenvalue weighted by Gasteiger charge is 2.15. The van der Waals surface area contributed by atoms with Gasteiger partial charge in [0.2, 0.25) is 17.6 Å². The van der Waals surface area contributed by atoms with E-state index in [1.54, 1.807) is 0 Å². The van der Waals surface area contributed by atoms with Crippen molar-refractivity contribution in [1.82, 2.24) is 30.6 Å². The Balaban J connectivity index is 1.19. The molecule has 9 nitrogen and oxygen atoms in total. The Labute approximate surface area is 168 Å². The molecule has 2 N–H and O–H groups in total. The van der Waals surface area contributed by atoms with E-state index in [9.17, 15) is 4.79 Å². The van der Waals surface area contributed by atoms with Crippen LogP contribution in [0.15, 0.2) is 35.1 Å². The lowest BCUT2D eigenvalue weighted by Crippen LogP contribution is -2.23. The lowest BCUT2D eigenvalue weighted by atomic mass is 9.98. The third-order valence-corrected chi connectivity index (χ3v) is 4.93. The largest absolute Gasteiger partial charge is 0.490 e. The van der Waals surface area contributed by atoms with Gasteiger partial charge in [0.15, 0.2) is 5.82 Å². The number of carbonyl (C=O) groups excluding carboxylic acids is 1. The topological polar surface area (TPSA) is 119 Å². The molecule has 0 bridgehead atoms. The number of benzene rings is 1. The highest BCUT2D eigenvalue weighted by atomic mass is 16.5. The van der Waals surface area contributed by atoms with E-state index in [2.05, 4.69) is 30.6 Å². The van der Waals surface area contributed by atoms with Crippen LogP contribution in [0.4, 0.5) is 0 Å². The molecule has 0 atom stereocenters. The van der Waals surface area contributed by atoms with Crippen LogP contribution < -0.4 is 10.1 Å². The van der Waals surface area contributed by atoms with Crippen molar-refractivity contribution in [2.45, 2.75) is 57.6 Å². The van der Waals surface area contributed by atoms with Crippen molar-refractivity contribution in [2.75, 3.05) is 0 Å². The number of rotatable bonds is 8. The van der Waals surface area contributed by atoms with Crippen LogP contribution in [-0.2, 0) is 17.8 Å². The van der Waals surface area contributed by atoms with Crippen molar-refractivity contribution in [3.05, 3.63) is 42.0 Å². The predicted octanol–water partition coefficient (Wildman–Crippen LogP) is 2.82. The third-order valence-electron chi connectivity index (χ3n) is 4.93. The number of aryl methyl sites for hydroxylation is 1. The summed E-state index contributed by atoms with van der Waals surface area (Å²) in [6, 6.07) is 7.92. The summed E-state index contributed by atoms with van der Waals surface area (Å²) in [4.78, 5) is 20.3. The number of aromatic nitrogens is 5. The SMILES string of the molecule is O=C(CCc1nc(-c2ncn[nH]2)no1)NCc1ccc(OC2CCCCC2)cc1. The first-order chi connectivity index (χ1) is 14.3. The monoisotopic (exact) mass is 396 g/mol. The van der Waals surface area contributed by atoms with Crippen molar-refractivity contribution in [2.24, 2.45) is 0 Å². The van der Waals surface area contributed by atoms with Gasteiger partial charge in [0, 0.05) is 19.4 Å². The predicted molar refractivity (Wildman–Crippen MR) is 104 cm³/mol. The van der Waals surface area contributed by atoms with Gasteiger partial charge in [-0.1, -0.05) is 23.7 Å². The van der Waals surface area contributed by atoms with E-state index in [4.69, 9.17) is 9.26 Å². The highest BCUT2D eigenvalue weighted by molar-refractivity contribution is 5.76. The first-order valence-corrected chi connectivity index (χ1v) is 9.97. The molecule has 1 amide bonds. The molecule has 152 valence electrons. The zero-order valence-corrected chi connectivity index (χ0v) is 16.1. The van der Waals surface area contributed by atoms with Crippen LogP contribution in [0.5, 0.6) is 5.75 Å². The van der Waals surface area contributed by atoms with Gasteiger partial charge in [0.25, 0.3) is 0 Å². The molecule has 1 aliphatic carbocycles. The van der Waals surface area contributed by atoms with Crippen LogP contribution in [-0.4, -0.2) is 37.3 Å². The second-order valence-electron chi connectivity index (χ2n) is 7.14. The van der Waals surface area contributed by atoms with E-state index in [0.29, 0.717) is 36.6 Å². The summed E-state index contributed by atoms with van der Waals surface area (Å²) in [5.41, 5.74) is 1.03. The molecule has 2 aromatic heterocycles.